The quantitative estimate of drug-likeness (QED) is 0.155. The van der Waals surface area contributed by atoms with Gasteiger partial charge in [0.15, 0.2) is 17.3 Å². The van der Waals surface area contributed by atoms with E-state index in [4.69, 9.17) is 17.3 Å². The highest BCUT2D eigenvalue weighted by molar-refractivity contribution is 6.34. The number of hydrogen-bond donors (Lipinski definition) is 6. The number of anilines is 2. The molecule has 0 spiro atoms. The van der Waals surface area contributed by atoms with E-state index in [1.165, 1.54) is 53.0 Å². The molecule has 0 radical (unpaired) electrons. The largest absolute Gasteiger partial charge is 0.435 e. The standard InChI is InChI=1S/C31H32ClF3N10O5/c1-43-24(20-12-45(42-26(20)31(33,34)35)25-5-2-16(36)8-38-25)10-39-27(43)29(49)40-17-3-4-19(21(32)6-17)28(48)41-23-13-44(11-15(23)14-46)30(50)22-7-18(47)9-37-22/h2-6,8,10,12,15,18,22-23,37,46-47H,7,9,11,13-14,36H2,1H3,(H,40,49)(H,41,48)/t15?,18-,22?,23?/m1/s1. The van der Waals surface area contributed by atoms with Gasteiger partial charge in [0.2, 0.25) is 5.91 Å². The minimum absolute atomic E-state index is 0.0186. The molecule has 264 valence electrons. The summed E-state index contributed by atoms with van der Waals surface area (Å²) in [6, 6.07) is 5.90. The highest BCUT2D eigenvalue weighted by Crippen LogP contribution is 2.37. The van der Waals surface area contributed by atoms with Crippen molar-refractivity contribution < 1.29 is 37.8 Å². The third kappa shape index (κ3) is 7.00. The summed E-state index contributed by atoms with van der Waals surface area (Å²) in [6.07, 6.45) is -1.64. The third-order valence-corrected chi connectivity index (χ3v) is 8.95. The highest BCUT2D eigenvalue weighted by Gasteiger charge is 2.41. The van der Waals surface area contributed by atoms with Crippen LogP contribution >= 0.6 is 11.6 Å². The van der Waals surface area contributed by atoms with Gasteiger partial charge in [-0.05, 0) is 36.8 Å². The minimum Gasteiger partial charge on any atom is -0.397 e. The zero-order valence-electron chi connectivity index (χ0n) is 26.4. The lowest BCUT2D eigenvalue weighted by Crippen LogP contribution is -2.45. The number of nitrogens with two attached hydrogens (primary N) is 1. The van der Waals surface area contributed by atoms with Crippen molar-refractivity contribution in [3.05, 3.63) is 71.0 Å². The fourth-order valence-electron chi connectivity index (χ4n) is 6.03. The van der Waals surface area contributed by atoms with E-state index in [0.29, 0.717) is 12.2 Å². The Morgan fingerprint density at radius 2 is 1.90 bits per heavy atom. The summed E-state index contributed by atoms with van der Waals surface area (Å²) in [5.74, 6) is -2.10. The van der Waals surface area contributed by atoms with Crippen LogP contribution in [0.1, 0.15) is 33.1 Å². The van der Waals surface area contributed by atoms with Gasteiger partial charge in [-0.15, -0.1) is 0 Å². The van der Waals surface area contributed by atoms with Gasteiger partial charge >= 0.3 is 6.18 Å². The lowest BCUT2D eigenvalue weighted by molar-refractivity contribution is -0.140. The number of nitrogen functional groups attached to an aromatic ring is 1. The fraction of sp³-hybridized carbons (Fsp3) is 0.355. The van der Waals surface area contributed by atoms with Crippen molar-refractivity contribution in [3.63, 3.8) is 0 Å². The summed E-state index contributed by atoms with van der Waals surface area (Å²) in [6.45, 7) is 0.417. The van der Waals surface area contributed by atoms with Crippen LogP contribution in [-0.4, -0.2) is 102 Å². The van der Waals surface area contributed by atoms with Crippen LogP contribution < -0.4 is 21.7 Å². The maximum absolute atomic E-state index is 14.0. The van der Waals surface area contributed by atoms with Gasteiger partial charge in [0.1, 0.15) is 0 Å². The molecule has 2 aliphatic rings. The molecule has 15 nitrogen and oxygen atoms in total. The Hall–Kier alpha value is -5.04. The first kappa shape index (κ1) is 34.8. The first-order valence-corrected chi connectivity index (χ1v) is 15.7. The van der Waals surface area contributed by atoms with Gasteiger partial charge in [-0.25, -0.2) is 14.6 Å². The van der Waals surface area contributed by atoms with Crippen LogP contribution in [0, 0.1) is 5.92 Å². The second-order valence-electron chi connectivity index (χ2n) is 12.1. The van der Waals surface area contributed by atoms with Gasteiger partial charge in [0.05, 0.1) is 58.1 Å². The molecule has 4 atom stereocenters. The number of amides is 3. The molecule has 3 unspecified atom stereocenters. The average molecular weight is 717 g/mol. The summed E-state index contributed by atoms with van der Waals surface area (Å²) in [5.41, 5.74) is 4.61. The molecule has 7 N–H and O–H groups in total. The summed E-state index contributed by atoms with van der Waals surface area (Å²) >= 11 is 6.42. The van der Waals surface area contributed by atoms with E-state index < -0.39 is 47.8 Å². The number of nitrogens with one attached hydrogen (secondary N) is 3. The third-order valence-electron chi connectivity index (χ3n) is 8.64. The fourth-order valence-corrected chi connectivity index (χ4v) is 6.29. The van der Waals surface area contributed by atoms with Gasteiger partial charge in [-0.3, -0.25) is 14.4 Å². The van der Waals surface area contributed by atoms with Crippen LogP contribution in [0.25, 0.3) is 17.1 Å². The Kier molecular flexibility index (Phi) is 9.54. The number of halogens is 4. The number of alkyl halides is 3. The summed E-state index contributed by atoms with van der Waals surface area (Å²) < 4.78 is 44.2. The summed E-state index contributed by atoms with van der Waals surface area (Å²) in [7, 11) is 1.38. The van der Waals surface area contributed by atoms with Crippen molar-refractivity contribution in [1.82, 2.24) is 39.8 Å². The Morgan fingerprint density at radius 1 is 1.12 bits per heavy atom. The van der Waals surface area contributed by atoms with Crippen LogP contribution in [0.2, 0.25) is 5.02 Å². The molecule has 1 aromatic carbocycles. The number of hydrogen-bond acceptors (Lipinski definition) is 10. The van der Waals surface area contributed by atoms with E-state index in [1.54, 1.807) is 0 Å². The Balaban J connectivity index is 1.14. The Morgan fingerprint density at radius 3 is 2.54 bits per heavy atom. The lowest BCUT2D eigenvalue weighted by Gasteiger charge is -2.21. The predicted molar refractivity (Wildman–Crippen MR) is 173 cm³/mol. The average Bonchev–Trinajstić information content (AvgIpc) is 3.86. The van der Waals surface area contributed by atoms with Crippen molar-refractivity contribution in [2.45, 2.75) is 30.8 Å². The van der Waals surface area contributed by atoms with Crippen molar-refractivity contribution in [2.75, 3.05) is 37.3 Å². The number of benzene rings is 1. The number of β-amino-alcohol motifs (C(OH)–C–C–N with tert-alkyl or cyclic N) is 1. The number of carbonyl (C=O) groups is 3. The molecule has 0 aliphatic carbocycles. The van der Waals surface area contributed by atoms with E-state index in [-0.39, 0.29) is 71.2 Å². The molecule has 3 amide bonds. The normalized spacial score (nSPS) is 20.7. The van der Waals surface area contributed by atoms with Crippen molar-refractivity contribution in [3.8, 4) is 17.1 Å². The molecule has 2 aliphatic heterocycles. The number of likely N-dealkylation sites (tertiary alicyclic amines) is 1. The van der Waals surface area contributed by atoms with E-state index in [0.717, 1.165) is 17.1 Å². The molecule has 0 saturated carbocycles. The van der Waals surface area contributed by atoms with Crippen LogP contribution in [0.3, 0.4) is 0 Å². The monoisotopic (exact) mass is 716 g/mol. The van der Waals surface area contributed by atoms with E-state index in [2.05, 4.69) is 31.0 Å². The molecule has 2 saturated heterocycles. The molecule has 50 heavy (non-hydrogen) atoms. The minimum atomic E-state index is -4.84. The van der Waals surface area contributed by atoms with Gasteiger partial charge in [0.25, 0.3) is 11.8 Å². The molecule has 3 aromatic heterocycles. The molecule has 5 heterocycles. The maximum atomic E-state index is 14.0. The Bertz CT molecular complexity index is 1930. The van der Waals surface area contributed by atoms with Gasteiger partial charge < -0.3 is 41.4 Å². The predicted octanol–water partition coefficient (Wildman–Crippen LogP) is 1.45. The van der Waals surface area contributed by atoms with Crippen molar-refractivity contribution >= 4 is 40.7 Å². The molecule has 4 aromatic rings. The molecule has 0 bridgehead atoms. The van der Waals surface area contributed by atoms with Crippen LogP contribution in [0.5, 0.6) is 0 Å². The van der Waals surface area contributed by atoms with Gasteiger partial charge in [0, 0.05) is 51.1 Å². The number of aliphatic hydroxyl groups is 2. The first-order valence-electron chi connectivity index (χ1n) is 15.4. The second kappa shape index (κ2) is 13.7. The second-order valence-corrected chi connectivity index (χ2v) is 12.5. The number of pyridine rings is 1. The number of rotatable bonds is 8. The first-order chi connectivity index (χ1) is 23.7. The summed E-state index contributed by atoms with van der Waals surface area (Å²) in [4.78, 5) is 48.9. The smallest absolute Gasteiger partial charge is 0.397 e. The van der Waals surface area contributed by atoms with Gasteiger partial charge in [-0.2, -0.15) is 18.3 Å². The SMILES string of the molecule is Cn1c(-c2cn(-c3ccc(N)cn3)nc2C(F)(F)F)cnc1C(=O)Nc1ccc(C(=O)NC2CN(C(=O)C3C[C@@H](O)CN3)CC2CO)c(Cl)c1. The molecular formula is C31H32ClF3N10O5. The van der Waals surface area contributed by atoms with E-state index in [9.17, 15) is 37.8 Å². The summed E-state index contributed by atoms with van der Waals surface area (Å²) in [5, 5.41) is 31.7. The Labute approximate surface area is 287 Å². The zero-order chi connectivity index (χ0) is 35.9. The number of nitrogens with zero attached hydrogens (tertiary/aromatic N) is 6. The van der Waals surface area contributed by atoms with Crippen molar-refractivity contribution in [1.29, 1.82) is 0 Å². The number of carbonyl (C=O) groups excluding carboxylic acids is 3. The van der Waals surface area contributed by atoms with Crippen LogP contribution in [0.15, 0.2) is 48.9 Å². The molecular weight excluding hydrogens is 685 g/mol. The van der Waals surface area contributed by atoms with Crippen LogP contribution in [0.4, 0.5) is 24.5 Å². The molecule has 2 fully saturated rings. The van der Waals surface area contributed by atoms with Gasteiger partial charge in [-0.1, -0.05) is 11.6 Å². The lowest BCUT2D eigenvalue weighted by atomic mass is 10.0. The van der Waals surface area contributed by atoms with E-state index in [1.807, 2.05) is 0 Å². The van der Waals surface area contributed by atoms with Crippen LogP contribution in [-0.2, 0) is 18.0 Å². The number of imidazole rings is 1. The zero-order valence-corrected chi connectivity index (χ0v) is 27.1. The maximum Gasteiger partial charge on any atom is 0.435 e. The number of aromatic nitrogens is 5. The van der Waals surface area contributed by atoms with E-state index >= 15 is 0 Å². The molecule has 6 rings (SSSR count). The number of aliphatic hydroxyl groups excluding tert-OH is 2. The van der Waals surface area contributed by atoms with Crippen molar-refractivity contribution in [2.24, 2.45) is 13.0 Å². The topological polar surface area (TPSA) is 206 Å². The molecule has 19 heteroatoms. The highest BCUT2D eigenvalue weighted by atomic mass is 35.5.